The third-order valence-electron chi connectivity index (χ3n) is 4.88. The summed E-state index contributed by atoms with van der Waals surface area (Å²) >= 11 is 0. The van der Waals surface area contributed by atoms with E-state index >= 15 is 0 Å². The van der Waals surface area contributed by atoms with Gasteiger partial charge in [-0.2, -0.15) is 0 Å². The zero-order valence-corrected chi connectivity index (χ0v) is 16.5. The fourth-order valence-corrected chi connectivity index (χ4v) is 3.29. The Morgan fingerprint density at radius 2 is 2.13 bits per heavy atom. The van der Waals surface area contributed by atoms with Gasteiger partial charge < -0.3 is 20.6 Å². The molecule has 2 N–H and O–H groups in total. The van der Waals surface area contributed by atoms with Gasteiger partial charge >= 0.3 is 0 Å². The van der Waals surface area contributed by atoms with Gasteiger partial charge in [0.1, 0.15) is 5.75 Å². The molecule has 4 rings (SSSR count). The minimum absolute atomic E-state index is 0.0498. The second kappa shape index (κ2) is 8.61. The number of methoxy groups -OCH3 is 1. The smallest absolute Gasteiger partial charge is 0.227 e. The molecule has 0 bridgehead atoms. The second-order valence-corrected chi connectivity index (χ2v) is 6.90. The van der Waals surface area contributed by atoms with Crippen LogP contribution in [0.2, 0.25) is 0 Å². The predicted molar refractivity (Wildman–Crippen MR) is 117 cm³/mol. The maximum atomic E-state index is 12.9. The van der Waals surface area contributed by atoms with Gasteiger partial charge in [-0.15, -0.1) is 5.76 Å². The number of allylic oxidation sites excluding steroid dienone is 9. The summed E-state index contributed by atoms with van der Waals surface area (Å²) in [6, 6.07) is 9.28. The average Bonchev–Trinajstić information content (AvgIpc) is 2.80. The van der Waals surface area contributed by atoms with Gasteiger partial charge in [0.25, 0.3) is 0 Å². The number of anilines is 2. The van der Waals surface area contributed by atoms with Crippen molar-refractivity contribution >= 4 is 22.9 Å². The average molecular weight is 397 g/mol. The SMILES string of the molecule is COc1cccc(Nc2nccc(C3=C/C(=C(/[O-])C4C=CC=CC4)C(=N)C=C3)n2)c1. The van der Waals surface area contributed by atoms with E-state index in [-0.39, 0.29) is 17.4 Å². The van der Waals surface area contributed by atoms with Crippen LogP contribution in [0, 0.1) is 11.3 Å². The molecular formula is C24H21N4O2-. The molecule has 0 fully saturated rings. The summed E-state index contributed by atoms with van der Waals surface area (Å²) in [5.74, 6) is 0.886. The molecule has 0 amide bonds. The number of rotatable bonds is 5. The van der Waals surface area contributed by atoms with Crippen LogP contribution in [0.15, 0.2) is 90.4 Å². The summed E-state index contributed by atoms with van der Waals surface area (Å²) in [7, 11) is 1.62. The van der Waals surface area contributed by atoms with Crippen molar-refractivity contribution in [2.75, 3.05) is 12.4 Å². The van der Waals surface area contributed by atoms with Crippen LogP contribution >= 0.6 is 0 Å². The first-order valence-electron chi connectivity index (χ1n) is 9.62. The van der Waals surface area contributed by atoms with E-state index in [1.165, 1.54) is 0 Å². The largest absolute Gasteiger partial charge is 0.875 e. The molecule has 150 valence electrons. The lowest BCUT2D eigenvalue weighted by Crippen LogP contribution is -2.20. The molecule has 2 aliphatic carbocycles. The van der Waals surface area contributed by atoms with Crippen molar-refractivity contribution in [1.82, 2.24) is 9.97 Å². The Morgan fingerprint density at radius 1 is 1.23 bits per heavy atom. The minimum atomic E-state index is -0.231. The molecule has 1 atom stereocenters. The molecule has 1 heterocycles. The molecule has 30 heavy (non-hydrogen) atoms. The van der Waals surface area contributed by atoms with Crippen LogP contribution in [-0.4, -0.2) is 22.8 Å². The third-order valence-corrected chi connectivity index (χ3v) is 4.88. The van der Waals surface area contributed by atoms with E-state index in [0.717, 1.165) is 17.0 Å². The van der Waals surface area contributed by atoms with Gasteiger partial charge in [0.05, 0.1) is 18.5 Å². The molecule has 1 unspecified atom stereocenters. The lowest BCUT2D eigenvalue weighted by atomic mass is 9.90. The van der Waals surface area contributed by atoms with Crippen molar-refractivity contribution in [3.63, 3.8) is 0 Å². The molecule has 6 heteroatoms. The van der Waals surface area contributed by atoms with Crippen LogP contribution in [0.3, 0.4) is 0 Å². The van der Waals surface area contributed by atoms with Gasteiger partial charge in [-0.3, -0.25) is 0 Å². The van der Waals surface area contributed by atoms with Crippen molar-refractivity contribution in [2.24, 2.45) is 5.92 Å². The number of ether oxygens (including phenoxy) is 1. The van der Waals surface area contributed by atoms with Gasteiger partial charge in [0, 0.05) is 23.5 Å². The van der Waals surface area contributed by atoms with E-state index in [4.69, 9.17) is 10.1 Å². The Labute approximate surface area is 175 Å². The van der Waals surface area contributed by atoms with Crippen molar-refractivity contribution in [2.45, 2.75) is 6.42 Å². The topological polar surface area (TPSA) is 94.0 Å². The number of nitrogens with one attached hydrogen (secondary N) is 2. The molecule has 6 nitrogen and oxygen atoms in total. The number of nitrogens with zero attached hydrogens (tertiary/aromatic N) is 2. The van der Waals surface area contributed by atoms with E-state index in [0.29, 0.717) is 23.6 Å². The molecule has 2 aromatic rings. The Bertz CT molecular complexity index is 1130. The molecule has 0 saturated heterocycles. The van der Waals surface area contributed by atoms with Crippen LogP contribution in [0.4, 0.5) is 11.6 Å². The zero-order chi connectivity index (χ0) is 20.9. The van der Waals surface area contributed by atoms with Gasteiger partial charge in [-0.05, 0) is 48.3 Å². The third kappa shape index (κ3) is 4.22. The first-order valence-corrected chi connectivity index (χ1v) is 9.62. The Kier molecular flexibility index (Phi) is 5.57. The van der Waals surface area contributed by atoms with Crippen molar-refractivity contribution in [3.8, 4) is 5.75 Å². The molecular weight excluding hydrogens is 376 g/mol. The van der Waals surface area contributed by atoms with Crippen molar-refractivity contribution in [1.29, 1.82) is 5.41 Å². The fraction of sp³-hybridized carbons (Fsp3) is 0.125. The Hall–Kier alpha value is -3.93. The lowest BCUT2D eigenvalue weighted by molar-refractivity contribution is -0.313. The van der Waals surface area contributed by atoms with Gasteiger partial charge in [0.15, 0.2) is 0 Å². The Balaban J connectivity index is 1.62. The molecule has 0 aliphatic heterocycles. The van der Waals surface area contributed by atoms with Crippen molar-refractivity contribution < 1.29 is 9.84 Å². The highest BCUT2D eigenvalue weighted by molar-refractivity contribution is 6.13. The van der Waals surface area contributed by atoms with Crippen LogP contribution in [-0.2, 0) is 0 Å². The molecule has 0 saturated carbocycles. The summed E-state index contributed by atoms with van der Waals surface area (Å²) in [5, 5.41) is 24.3. The summed E-state index contributed by atoms with van der Waals surface area (Å²) in [4.78, 5) is 8.86. The first kappa shape index (κ1) is 19.4. The van der Waals surface area contributed by atoms with Crippen LogP contribution in [0.5, 0.6) is 5.75 Å². The highest BCUT2D eigenvalue weighted by atomic mass is 16.5. The molecule has 0 spiro atoms. The van der Waals surface area contributed by atoms with Gasteiger partial charge in [0.2, 0.25) is 5.95 Å². The van der Waals surface area contributed by atoms with E-state index in [1.54, 1.807) is 37.6 Å². The standard InChI is InChI=1S/C24H22N4O2/c1-30-19-9-5-8-18(15-19)27-24-26-13-12-22(28-24)17-10-11-21(25)20(14-17)23(29)16-6-3-2-4-7-16/h2-6,8-16,25,29H,7H2,1H3,(H,26,27,28)/p-1/b23-20-,25-21?. The van der Waals surface area contributed by atoms with Crippen LogP contribution in [0.1, 0.15) is 12.1 Å². The summed E-state index contributed by atoms with van der Waals surface area (Å²) in [6.07, 6.45) is 15.2. The van der Waals surface area contributed by atoms with Gasteiger partial charge in [-0.1, -0.05) is 36.4 Å². The highest BCUT2D eigenvalue weighted by Gasteiger charge is 2.15. The predicted octanol–water partition coefficient (Wildman–Crippen LogP) is 3.95. The number of hydrogen-bond donors (Lipinski definition) is 2. The second-order valence-electron chi connectivity index (χ2n) is 6.90. The highest BCUT2D eigenvalue weighted by Crippen LogP contribution is 2.28. The molecule has 1 aromatic heterocycles. The number of benzene rings is 1. The van der Waals surface area contributed by atoms with Crippen molar-refractivity contribution in [3.05, 3.63) is 96.1 Å². The number of aromatic nitrogens is 2. The summed E-state index contributed by atoms with van der Waals surface area (Å²) in [5.41, 5.74) is 2.86. The first-order chi connectivity index (χ1) is 14.6. The van der Waals surface area contributed by atoms with Crippen LogP contribution < -0.4 is 15.2 Å². The monoisotopic (exact) mass is 397 g/mol. The van der Waals surface area contributed by atoms with E-state index in [2.05, 4.69) is 15.3 Å². The molecule has 0 radical (unpaired) electrons. The summed E-state index contributed by atoms with van der Waals surface area (Å²) in [6.45, 7) is 0. The molecule has 2 aliphatic rings. The molecule has 1 aromatic carbocycles. The van der Waals surface area contributed by atoms with Gasteiger partial charge in [-0.25, -0.2) is 9.97 Å². The Morgan fingerprint density at radius 3 is 2.93 bits per heavy atom. The lowest BCUT2D eigenvalue weighted by Gasteiger charge is -2.26. The quantitative estimate of drug-likeness (QED) is 0.745. The van der Waals surface area contributed by atoms with Crippen LogP contribution in [0.25, 0.3) is 5.57 Å². The number of hydrogen-bond acceptors (Lipinski definition) is 6. The zero-order valence-electron chi connectivity index (χ0n) is 16.5. The summed E-state index contributed by atoms with van der Waals surface area (Å²) < 4.78 is 5.24. The maximum absolute atomic E-state index is 12.9. The minimum Gasteiger partial charge on any atom is -0.875 e. The normalized spacial score (nSPS) is 19.4. The fourth-order valence-electron chi connectivity index (χ4n) is 3.29. The van der Waals surface area contributed by atoms with E-state index in [9.17, 15) is 5.11 Å². The maximum Gasteiger partial charge on any atom is 0.227 e. The van der Waals surface area contributed by atoms with E-state index < -0.39 is 0 Å². The van der Waals surface area contributed by atoms with E-state index in [1.807, 2.05) is 48.6 Å².